The van der Waals surface area contributed by atoms with Crippen LogP contribution >= 0.6 is 11.6 Å². The van der Waals surface area contributed by atoms with Gasteiger partial charge < -0.3 is 17.2 Å². The molecule has 0 saturated carbocycles. The van der Waals surface area contributed by atoms with Crippen molar-refractivity contribution >= 4 is 29.2 Å². The Morgan fingerprint density at radius 2 is 1.56 bits per heavy atom. The minimum atomic E-state index is 0.0658. The van der Waals surface area contributed by atoms with Crippen LogP contribution in [0.25, 0.3) is 11.4 Å². The molecule has 1 heterocycles. The second-order valence-electron chi connectivity index (χ2n) is 3.11. The molecule has 0 aliphatic carbocycles. The van der Waals surface area contributed by atoms with Crippen LogP contribution in [0.15, 0.2) is 18.2 Å². The average Bonchev–Trinajstić information content (AvgIpc) is 2.20. The number of nitrogen functional groups attached to an aromatic ring is 3. The van der Waals surface area contributed by atoms with Crippen molar-refractivity contribution in [3.63, 3.8) is 0 Å². The lowest BCUT2D eigenvalue weighted by molar-refractivity contribution is 1.09. The molecular weight excluding hydrogens is 228 g/mol. The molecule has 6 nitrogen and oxygen atoms in total. The van der Waals surface area contributed by atoms with E-state index in [0.717, 1.165) is 0 Å². The van der Waals surface area contributed by atoms with Crippen LogP contribution in [0.2, 0.25) is 5.02 Å². The van der Waals surface area contributed by atoms with E-state index >= 15 is 0 Å². The lowest BCUT2D eigenvalue weighted by Crippen LogP contribution is -2.04. The molecule has 0 aliphatic rings. The Morgan fingerprint density at radius 3 is 2.12 bits per heavy atom. The summed E-state index contributed by atoms with van der Waals surface area (Å²) in [6.07, 6.45) is 0. The van der Waals surface area contributed by atoms with E-state index < -0.39 is 0 Å². The minimum absolute atomic E-state index is 0.0658. The van der Waals surface area contributed by atoms with Gasteiger partial charge in [0.25, 0.3) is 0 Å². The van der Waals surface area contributed by atoms with Crippen LogP contribution in [0.5, 0.6) is 0 Å². The molecule has 2 aromatic rings. The van der Waals surface area contributed by atoms with Crippen molar-refractivity contribution in [2.45, 2.75) is 0 Å². The van der Waals surface area contributed by atoms with Crippen molar-refractivity contribution in [2.75, 3.05) is 17.2 Å². The lowest BCUT2D eigenvalue weighted by atomic mass is 10.2. The topological polar surface area (TPSA) is 117 Å². The zero-order valence-electron chi connectivity index (χ0n) is 8.18. The molecule has 0 atom stereocenters. The van der Waals surface area contributed by atoms with Crippen molar-refractivity contribution in [1.82, 2.24) is 15.0 Å². The molecule has 0 bridgehead atoms. The fourth-order valence-corrected chi connectivity index (χ4v) is 1.34. The molecule has 0 aliphatic heterocycles. The highest BCUT2D eigenvalue weighted by Crippen LogP contribution is 2.24. The van der Waals surface area contributed by atoms with E-state index in [1.807, 2.05) is 0 Å². The number of anilines is 3. The number of halogens is 1. The Hall–Kier alpha value is -2.08. The van der Waals surface area contributed by atoms with E-state index in [1.165, 1.54) is 0 Å². The molecule has 7 heteroatoms. The van der Waals surface area contributed by atoms with E-state index in [0.29, 0.717) is 22.1 Å². The molecule has 0 spiro atoms. The first-order valence-electron chi connectivity index (χ1n) is 4.38. The molecule has 0 radical (unpaired) electrons. The number of rotatable bonds is 1. The molecule has 6 N–H and O–H groups in total. The Bertz CT molecular complexity index is 521. The van der Waals surface area contributed by atoms with Crippen molar-refractivity contribution in [3.05, 3.63) is 23.2 Å². The number of benzene rings is 1. The maximum Gasteiger partial charge on any atom is 0.225 e. The Morgan fingerprint density at radius 1 is 0.938 bits per heavy atom. The van der Waals surface area contributed by atoms with Gasteiger partial charge in [-0.1, -0.05) is 11.6 Å². The summed E-state index contributed by atoms with van der Waals surface area (Å²) in [5.41, 5.74) is 17.7. The van der Waals surface area contributed by atoms with Crippen LogP contribution in [0.1, 0.15) is 0 Å². The third-order valence-corrected chi connectivity index (χ3v) is 2.27. The molecule has 2 rings (SSSR count). The van der Waals surface area contributed by atoms with Crippen LogP contribution in [0.4, 0.5) is 17.6 Å². The molecular formula is C9H9ClN6. The summed E-state index contributed by atoms with van der Waals surface area (Å²) < 4.78 is 0. The van der Waals surface area contributed by atoms with E-state index in [2.05, 4.69) is 15.0 Å². The highest BCUT2D eigenvalue weighted by atomic mass is 35.5. The molecule has 16 heavy (non-hydrogen) atoms. The summed E-state index contributed by atoms with van der Waals surface area (Å²) in [5.74, 6) is 0.500. The van der Waals surface area contributed by atoms with Crippen LogP contribution in [0.3, 0.4) is 0 Å². The summed E-state index contributed by atoms with van der Waals surface area (Å²) in [6, 6.07) is 5.03. The van der Waals surface area contributed by atoms with Crippen molar-refractivity contribution in [3.8, 4) is 11.4 Å². The average molecular weight is 237 g/mol. The third-order valence-electron chi connectivity index (χ3n) is 1.92. The number of aromatic nitrogens is 3. The Balaban J connectivity index is 2.54. The van der Waals surface area contributed by atoms with E-state index in [-0.39, 0.29) is 11.9 Å². The third kappa shape index (κ3) is 1.96. The number of nitrogens with zero attached hydrogens (tertiary/aromatic N) is 3. The van der Waals surface area contributed by atoms with Gasteiger partial charge in [0.15, 0.2) is 5.82 Å². The van der Waals surface area contributed by atoms with Gasteiger partial charge >= 0.3 is 0 Å². The smallest absolute Gasteiger partial charge is 0.225 e. The van der Waals surface area contributed by atoms with E-state index in [9.17, 15) is 0 Å². The SMILES string of the molecule is Nc1nc(N)nc(-c2ccc(Cl)c(N)c2)n1. The van der Waals surface area contributed by atoms with Gasteiger partial charge in [-0.3, -0.25) is 0 Å². The molecule has 0 saturated heterocycles. The van der Waals surface area contributed by atoms with Gasteiger partial charge in [-0.15, -0.1) is 0 Å². The second kappa shape index (κ2) is 3.82. The normalized spacial score (nSPS) is 10.3. The van der Waals surface area contributed by atoms with Gasteiger partial charge in [0.2, 0.25) is 11.9 Å². The quantitative estimate of drug-likeness (QED) is 0.635. The standard InChI is InChI=1S/C9H9ClN6/c10-5-2-1-4(3-6(5)11)7-14-8(12)16-9(13)15-7/h1-3H,11H2,(H4,12,13,14,15,16). The van der Waals surface area contributed by atoms with Crippen LogP contribution in [-0.2, 0) is 0 Å². The number of hydrogen-bond donors (Lipinski definition) is 3. The zero-order chi connectivity index (χ0) is 11.7. The fraction of sp³-hybridized carbons (Fsp3) is 0. The highest BCUT2D eigenvalue weighted by molar-refractivity contribution is 6.33. The van der Waals surface area contributed by atoms with Gasteiger partial charge in [0, 0.05) is 5.56 Å². The minimum Gasteiger partial charge on any atom is -0.398 e. The molecule has 82 valence electrons. The number of nitrogens with two attached hydrogens (primary N) is 3. The van der Waals surface area contributed by atoms with Gasteiger partial charge in [0.05, 0.1) is 10.7 Å². The number of hydrogen-bond acceptors (Lipinski definition) is 6. The first-order valence-corrected chi connectivity index (χ1v) is 4.76. The highest BCUT2D eigenvalue weighted by Gasteiger charge is 2.06. The predicted molar refractivity (Wildman–Crippen MR) is 63.5 cm³/mol. The zero-order valence-corrected chi connectivity index (χ0v) is 8.94. The monoisotopic (exact) mass is 236 g/mol. The summed E-state index contributed by atoms with van der Waals surface area (Å²) in [5, 5.41) is 0.471. The van der Waals surface area contributed by atoms with Crippen molar-refractivity contribution < 1.29 is 0 Å². The van der Waals surface area contributed by atoms with Gasteiger partial charge in [-0.2, -0.15) is 15.0 Å². The van der Waals surface area contributed by atoms with Crippen molar-refractivity contribution in [1.29, 1.82) is 0 Å². The van der Waals surface area contributed by atoms with Gasteiger partial charge in [0.1, 0.15) is 0 Å². The fourth-order valence-electron chi connectivity index (χ4n) is 1.22. The summed E-state index contributed by atoms with van der Waals surface area (Å²) in [4.78, 5) is 11.6. The van der Waals surface area contributed by atoms with Crippen molar-refractivity contribution in [2.24, 2.45) is 0 Å². The molecule has 0 unspecified atom stereocenters. The summed E-state index contributed by atoms with van der Waals surface area (Å²) in [7, 11) is 0. The maximum absolute atomic E-state index is 5.80. The molecule has 0 fully saturated rings. The Kier molecular flexibility index (Phi) is 2.49. The first kappa shape index (κ1) is 10.4. The maximum atomic E-state index is 5.80. The van der Waals surface area contributed by atoms with Gasteiger partial charge in [-0.25, -0.2) is 0 Å². The van der Waals surface area contributed by atoms with E-state index in [4.69, 9.17) is 28.8 Å². The van der Waals surface area contributed by atoms with E-state index in [1.54, 1.807) is 18.2 Å². The summed E-state index contributed by atoms with van der Waals surface area (Å²) in [6.45, 7) is 0. The molecule has 0 amide bonds. The second-order valence-corrected chi connectivity index (χ2v) is 3.52. The first-order chi connectivity index (χ1) is 7.56. The lowest BCUT2D eigenvalue weighted by Gasteiger charge is -2.04. The molecule has 1 aromatic carbocycles. The molecule has 1 aromatic heterocycles. The van der Waals surface area contributed by atoms with Crippen LogP contribution in [-0.4, -0.2) is 15.0 Å². The Labute approximate surface area is 96.5 Å². The predicted octanol–water partition coefficient (Wildman–Crippen LogP) is 0.939. The summed E-state index contributed by atoms with van der Waals surface area (Å²) >= 11 is 5.80. The van der Waals surface area contributed by atoms with Crippen LogP contribution < -0.4 is 17.2 Å². The van der Waals surface area contributed by atoms with Gasteiger partial charge in [-0.05, 0) is 18.2 Å². The largest absolute Gasteiger partial charge is 0.398 e. The van der Waals surface area contributed by atoms with Crippen LogP contribution in [0, 0.1) is 0 Å².